The van der Waals surface area contributed by atoms with Gasteiger partial charge in [-0.1, -0.05) is 13.8 Å². The molecule has 0 radical (unpaired) electrons. The van der Waals surface area contributed by atoms with E-state index in [0.717, 1.165) is 23.2 Å². The molecule has 0 spiro atoms. The highest BCUT2D eigenvalue weighted by molar-refractivity contribution is 4.90. The highest BCUT2D eigenvalue weighted by Crippen LogP contribution is 1.97. The van der Waals surface area contributed by atoms with Gasteiger partial charge in [-0.05, 0) is 13.8 Å². The van der Waals surface area contributed by atoms with Crippen LogP contribution in [0, 0.1) is 27.7 Å². The Labute approximate surface area is 96.7 Å². The van der Waals surface area contributed by atoms with Gasteiger partial charge in [0, 0.05) is 13.8 Å². The molecule has 0 bridgehead atoms. The van der Waals surface area contributed by atoms with Crippen LogP contribution in [0.25, 0.3) is 0 Å². The Balaban J connectivity index is 0.000000244. The van der Waals surface area contributed by atoms with Crippen LogP contribution in [0.3, 0.4) is 0 Å². The first-order chi connectivity index (χ1) is 7.58. The summed E-state index contributed by atoms with van der Waals surface area (Å²) >= 11 is 0. The molecule has 0 saturated heterocycles. The second kappa shape index (κ2) is 7.68. The van der Waals surface area contributed by atoms with Gasteiger partial charge in [0.05, 0.1) is 11.9 Å². The van der Waals surface area contributed by atoms with Crippen LogP contribution >= 0.6 is 0 Å². The minimum absolute atomic E-state index is 0.734. The third kappa shape index (κ3) is 6.01. The van der Waals surface area contributed by atoms with Crippen molar-refractivity contribution >= 4 is 0 Å². The summed E-state index contributed by atoms with van der Waals surface area (Å²) in [5.74, 6) is 2.34. The Hall–Kier alpha value is -1.58. The molecule has 4 heteroatoms. The zero-order valence-corrected chi connectivity index (χ0v) is 10.9. The van der Waals surface area contributed by atoms with Crippen molar-refractivity contribution in [3.05, 3.63) is 35.7 Å². The van der Waals surface area contributed by atoms with E-state index < -0.39 is 0 Å². The number of oxazole rings is 2. The minimum atomic E-state index is 0.734. The average Bonchev–Trinajstić information content (AvgIpc) is 2.80. The predicted molar refractivity (Wildman–Crippen MR) is 63.3 cm³/mol. The van der Waals surface area contributed by atoms with Crippen LogP contribution in [0.1, 0.15) is 37.1 Å². The van der Waals surface area contributed by atoms with E-state index >= 15 is 0 Å². The van der Waals surface area contributed by atoms with Crippen LogP contribution in [-0.4, -0.2) is 9.97 Å². The Kier molecular flexibility index (Phi) is 6.92. The number of aromatic nitrogens is 2. The molecule has 2 heterocycles. The molecule has 0 saturated carbocycles. The van der Waals surface area contributed by atoms with E-state index in [0.29, 0.717) is 0 Å². The number of aryl methyl sites for hydroxylation is 4. The highest BCUT2D eigenvalue weighted by Gasteiger charge is 1.88. The molecule has 4 nitrogen and oxygen atoms in total. The maximum absolute atomic E-state index is 4.97. The molecule has 90 valence electrons. The van der Waals surface area contributed by atoms with Crippen LogP contribution in [0.4, 0.5) is 0 Å². The first-order valence-electron chi connectivity index (χ1n) is 5.35. The summed E-state index contributed by atoms with van der Waals surface area (Å²) in [6.45, 7) is 11.4. The average molecular weight is 224 g/mol. The monoisotopic (exact) mass is 224 g/mol. The molecule has 0 N–H and O–H groups in total. The van der Waals surface area contributed by atoms with E-state index in [2.05, 4.69) is 9.97 Å². The molecule has 0 amide bonds. The van der Waals surface area contributed by atoms with Gasteiger partial charge in [-0.25, -0.2) is 9.97 Å². The van der Waals surface area contributed by atoms with Gasteiger partial charge in [0.2, 0.25) is 0 Å². The summed E-state index contributed by atoms with van der Waals surface area (Å²) in [4.78, 5) is 7.79. The van der Waals surface area contributed by atoms with Gasteiger partial charge in [0.15, 0.2) is 11.8 Å². The van der Waals surface area contributed by atoms with Crippen molar-refractivity contribution in [1.82, 2.24) is 9.97 Å². The summed E-state index contributed by atoms with van der Waals surface area (Å²) in [5.41, 5.74) is 0.942. The van der Waals surface area contributed by atoms with Crippen molar-refractivity contribution in [2.45, 2.75) is 41.5 Å². The fourth-order valence-electron chi connectivity index (χ4n) is 0.939. The lowest BCUT2D eigenvalue weighted by atomic mass is 10.6. The lowest BCUT2D eigenvalue weighted by Gasteiger charge is -1.73. The predicted octanol–water partition coefficient (Wildman–Crippen LogP) is 3.61. The molecule has 2 aromatic heterocycles. The van der Waals surface area contributed by atoms with Gasteiger partial charge >= 0.3 is 0 Å². The molecule has 2 aromatic rings. The SMILES string of the molecule is CC.Cc1cnc(C)o1.Cc1coc(C)n1. The molecule has 0 aliphatic carbocycles. The maximum Gasteiger partial charge on any atom is 0.191 e. The van der Waals surface area contributed by atoms with Crippen molar-refractivity contribution in [1.29, 1.82) is 0 Å². The van der Waals surface area contributed by atoms with Crippen molar-refractivity contribution in [2.24, 2.45) is 0 Å². The molecule has 0 atom stereocenters. The molecular formula is C12H20N2O2. The summed E-state index contributed by atoms with van der Waals surface area (Å²) < 4.78 is 9.83. The van der Waals surface area contributed by atoms with Crippen LogP contribution in [-0.2, 0) is 0 Å². The van der Waals surface area contributed by atoms with Crippen molar-refractivity contribution in [2.75, 3.05) is 0 Å². The number of hydrogen-bond donors (Lipinski definition) is 0. The smallest absolute Gasteiger partial charge is 0.191 e. The lowest BCUT2D eigenvalue weighted by molar-refractivity contribution is 0.494. The molecule has 0 unspecified atom stereocenters. The van der Waals surface area contributed by atoms with Crippen LogP contribution in [0.5, 0.6) is 0 Å². The summed E-state index contributed by atoms with van der Waals surface area (Å²) in [7, 11) is 0. The molecule has 0 fully saturated rings. The normalized spacial score (nSPS) is 8.62. The number of hydrogen-bond acceptors (Lipinski definition) is 4. The second-order valence-electron chi connectivity index (χ2n) is 3.00. The summed E-state index contributed by atoms with van der Waals surface area (Å²) in [6, 6.07) is 0. The Morgan fingerprint density at radius 3 is 1.75 bits per heavy atom. The van der Waals surface area contributed by atoms with E-state index in [1.165, 1.54) is 0 Å². The van der Waals surface area contributed by atoms with Crippen molar-refractivity contribution < 1.29 is 8.83 Å². The molecular weight excluding hydrogens is 204 g/mol. The van der Waals surface area contributed by atoms with Crippen LogP contribution in [0.15, 0.2) is 21.3 Å². The first kappa shape index (κ1) is 14.4. The fraction of sp³-hybridized carbons (Fsp3) is 0.500. The maximum atomic E-state index is 4.97. The number of nitrogens with zero attached hydrogens (tertiary/aromatic N) is 2. The van der Waals surface area contributed by atoms with Gasteiger partial charge in [0.1, 0.15) is 12.0 Å². The standard InChI is InChI=1S/2C5H7NO.C2H6/c1-4-3-7-5(2)6-4;1-4-3-6-5(2)7-4;1-2/h2*3H,1-2H3;1-2H3. The van der Waals surface area contributed by atoms with E-state index in [-0.39, 0.29) is 0 Å². The van der Waals surface area contributed by atoms with Gasteiger partial charge in [0.25, 0.3) is 0 Å². The Morgan fingerprint density at radius 2 is 1.62 bits per heavy atom. The summed E-state index contributed by atoms with van der Waals surface area (Å²) in [6.07, 6.45) is 3.34. The quantitative estimate of drug-likeness (QED) is 0.686. The van der Waals surface area contributed by atoms with Gasteiger partial charge in [-0.15, -0.1) is 0 Å². The number of rotatable bonds is 0. The first-order valence-corrected chi connectivity index (χ1v) is 5.35. The third-order valence-electron chi connectivity index (χ3n) is 1.47. The zero-order chi connectivity index (χ0) is 12.6. The molecule has 0 aliphatic heterocycles. The van der Waals surface area contributed by atoms with E-state index in [1.807, 2.05) is 41.5 Å². The topological polar surface area (TPSA) is 52.1 Å². The van der Waals surface area contributed by atoms with Crippen molar-refractivity contribution in [3.8, 4) is 0 Å². The van der Waals surface area contributed by atoms with Gasteiger partial charge in [-0.3, -0.25) is 0 Å². The Morgan fingerprint density at radius 1 is 1.00 bits per heavy atom. The molecule has 16 heavy (non-hydrogen) atoms. The molecule has 0 aliphatic rings. The largest absolute Gasteiger partial charge is 0.449 e. The lowest BCUT2D eigenvalue weighted by Crippen LogP contribution is -1.67. The second-order valence-corrected chi connectivity index (χ2v) is 3.00. The van der Waals surface area contributed by atoms with E-state index in [1.54, 1.807) is 12.5 Å². The zero-order valence-electron chi connectivity index (χ0n) is 10.9. The highest BCUT2D eigenvalue weighted by atomic mass is 16.3. The minimum Gasteiger partial charge on any atom is -0.449 e. The third-order valence-corrected chi connectivity index (χ3v) is 1.47. The fourth-order valence-corrected chi connectivity index (χ4v) is 0.939. The van der Waals surface area contributed by atoms with Gasteiger partial charge in [-0.2, -0.15) is 0 Å². The van der Waals surface area contributed by atoms with Gasteiger partial charge < -0.3 is 8.83 Å². The van der Waals surface area contributed by atoms with Crippen molar-refractivity contribution in [3.63, 3.8) is 0 Å². The van der Waals surface area contributed by atoms with E-state index in [4.69, 9.17) is 8.83 Å². The molecule has 0 aromatic carbocycles. The Bertz CT molecular complexity index is 320. The van der Waals surface area contributed by atoms with Crippen LogP contribution in [0.2, 0.25) is 0 Å². The van der Waals surface area contributed by atoms with E-state index in [9.17, 15) is 0 Å². The van der Waals surface area contributed by atoms with Crippen LogP contribution < -0.4 is 0 Å². The summed E-state index contributed by atoms with van der Waals surface area (Å²) in [5, 5.41) is 0. The molecule has 2 rings (SSSR count).